The normalized spacial score (nSPS) is 17.0. The van der Waals surface area contributed by atoms with E-state index in [-0.39, 0.29) is 24.6 Å². The van der Waals surface area contributed by atoms with Gasteiger partial charge in [0.2, 0.25) is 5.91 Å². The molecule has 1 aliphatic heterocycles. The summed E-state index contributed by atoms with van der Waals surface area (Å²) in [5, 5.41) is 11.7. The van der Waals surface area contributed by atoms with Crippen LogP contribution in [-0.2, 0) is 20.8 Å². The molecule has 8 nitrogen and oxygen atoms in total. The number of aromatic carboxylic acids is 1. The fourth-order valence-electron chi connectivity index (χ4n) is 2.24. The molecule has 0 aliphatic carbocycles. The molecule has 8 heteroatoms. The molecule has 2 rings (SSSR count). The van der Waals surface area contributed by atoms with Gasteiger partial charge in [0.25, 0.3) is 0 Å². The summed E-state index contributed by atoms with van der Waals surface area (Å²) < 4.78 is 9.79. The van der Waals surface area contributed by atoms with E-state index in [4.69, 9.17) is 14.6 Å². The van der Waals surface area contributed by atoms with Crippen molar-refractivity contribution in [2.45, 2.75) is 12.6 Å². The molecule has 0 unspecified atom stereocenters. The van der Waals surface area contributed by atoms with Crippen LogP contribution in [-0.4, -0.2) is 60.9 Å². The Morgan fingerprint density at radius 3 is 2.96 bits per heavy atom. The molecule has 0 bridgehead atoms. The van der Waals surface area contributed by atoms with Crippen LogP contribution in [0.2, 0.25) is 0 Å². The molecule has 0 radical (unpaired) electrons. The van der Waals surface area contributed by atoms with E-state index in [1.165, 1.54) is 24.1 Å². The van der Waals surface area contributed by atoms with Gasteiger partial charge in [-0.1, -0.05) is 12.1 Å². The highest BCUT2D eigenvalue weighted by Crippen LogP contribution is 2.17. The second-order valence-corrected chi connectivity index (χ2v) is 5.01. The third kappa shape index (κ3) is 4.19. The summed E-state index contributed by atoms with van der Waals surface area (Å²) in [4.78, 5) is 36.2. The summed E-state index contributed by atoms with van der Waals surface area (Å²) in [6.45, 7) is 0.773. The highest BCUT2D eigenvalue weighted by atomic mass is 16.6. The van der Waals surface area contributed by atoms with Crippen LogP contribution >= 0.6 is 0 Å². The van der Waals surface area contributed by atoms with Gasteiger partial charge in [0, 0.05) is 13.7 Å². The maximum absolute atomic E-state index is 12.1. The molecule has 1 aromatic rings. The molecule has 124 valence electrons. The first-order valence-corrected chi connectivity index (χ1v) is 7.05. The van der Waals surface area contributed by atoms with Crippen molar-refractivity contribution in [3.8, 4) is 0 Å². The third-order valence-corrected chi connectivity index (χ3v) is 3.41. The Bertz CT molecular complexity index is 603. The van der Waals surface area contributed by atoms with E-state index < -0.39 is 18.1 Å². The Labute approximate surface area is 133 Å². The average Bonchev–Trinajstić information content (AvgIpc) is 2.89. The van der Waals surface area contributed by atoms with Crippen molar-refractivity contribution in [1.82, 2.24) is 10.2 Å². The van der Waals surface area contributed by atoms with Crippen LogP contribution in [0, 0.1) is 0 Å². The minimum absolute atomic E-state index is 0.0315. The van der Waals surface area contributed by atoms with Crippen LogP contribution in [0.1, 0.15) is 15.9 Å². The highest BCUT2D eigenvalue weighted by molar-refractivity contribution is 5.88. The van der Waals surface area contributed by atoms with E-state index in [1.54, 1.807) is 12.1 Å². The second-order valence-electron chi connectivity index (χ2n) is 5.01. The zero-order valence-electron chi connectivity index (χ0n) is 12.7. The molecule has 1 aromatic carbocycles. The summed E-state index contributed by atoms with van der Waals surface area (Å²) in [5.41, 5.74) is 0.731. The Kier molecular flexibility index (Phi) is 5.53. The maximum Gasteiger partial charge on any atom is 0.410 e. The van der Waals surface area contributed by atoms with E-state index >= 15 is 0 Å². The van der Waals surface area contributed by atoms with Gasteiger partial charge in [-0.3, -0.25) is 9.69 Å². The summed E-state index contributed by atoms with van der Waals surface area (Å²) in [6, 6.07) is 5.47. The zero-order chi connectivity index (χ0) is 16.8. The quantitative estimate of drug-likeness (QED) is 0.707. The number of nitrogens with one attached hydrogen (secondary N) is 1. The van der Waals surface area contributed by atoms with Crippen molar-refractivity contribution in [1.29, 1.82) is 0 Å². The van der Waals surface area contributed by atoms with Crippen molar-refractivity contribution >= 4 is 18.0 Å². The summed E-state index contributed by atoms with van der Waals surface area (Å²) in [7, 11) is 1.52. The number of rotatable bonds is 7. The molecular formula is C15H18N2O6. The molecule has 1 atom stereocenters. The predicted octanol–water partition coefficient (Wildman–Crippen LogP) is 0.468. The molecule has 0 aromatic heterocycles. The fourth-order valence-corrected chi connectivity index (χ4v) is 2.24. The standard InChI is InChI=1S/C15H18N2O6/c1-22-6-5-16-13(18)12-9-23-15(21)17(12)8-10-3-2-4-11(7-10)14(19)20/h2-4,7,12H,5-6,8-9H2,1H3,(H,16,18)(H,19,20)/t12-/m0/s1. The minimum atomic E-state index is -1.05. The third-order valence-electron chi connectivity index (χ3n) is 3.41. The number of carbonyl (C=O) groups is 3. The van der Waals surface area contributed by atoms with Gasteiger partial charge in [-0.25, -0.2) is 9.59 Å². The summed E-state index contributed by atoms with van der Waals surface area (Å²) >= 11 is 0. The monoisotopic (exact) mass is 322 g/mol. The van der Waals surface area contributed by atoms with Gasteiger partial charge in [-0.15, -0.1) is 0 Å². The molecule has 2 N–H and O–H groups in total. The Balaban J connectivity index is 2.06. The molecule has 1 heterocycles. The lowest BCUT2D eigenvalue weighted by Crippen LogP contribution is -2.46. The minimum Gasteiger partial charge on any atom is -0.478 e. The molecule has 1 fully saturated rings. The zero-order valence-corrected chi connectivity index (χ0v) is 12.7. The number of hydrogen-bond donors (Lipinski definition) is 2. The first kappa shape index (κ1) is 16.8. The van der Waals surface area contributed by atoms with Gasteiger partial charge in [-0.05, 0) is 17.7 Å². The number of cyclic esters (lactones) is 1. The van der Waals surface area contributed by atoms with Crippen LogP contribution in [0.5, 0.6) is 0 Å². The maximum atomic E-state index is 12.1. The van der Waals surface area contributed by atoms with Gasteiger partial charge in [0.15, 0.2) is 0 Å². The van der Waals surface area contributed by atoms with Gasteiger partial charge in [0.05, 0.1) is 18.7 Å². The van der Waals surface area contributed by atoms with Crippen LogP contribution in [0.25, 0.3) is 0 Å². The topological polar surface area (TPSA) is 105 Å². The smallest absolute Gasteiger partial charge is 0.410 e. The molecule has 0 spiro atoms. The summed E-state index contributed by atoms with van der Waals surface area (Å²) in [6.07, 6.45) is -0.599. The van der Waals surface area contributed by atoms with Crippen LogP contribution in [0.4, 0.5) is 4.79 Å². The van der Waals surface area contributed by atoms with E-state index in [0.29, 0.717) is 18.7 Å². The lowest BCUT2D eigenvalue weighted by atomic mass is 10.1. The molecule has 23 heavy (non-hydrogen) atoms. The Morgan fingerprint density at radius 2 is 2.26 bits per heavy atom. The van der Waals surface area contributed by atoms with Gasteiger partial charge in [0.1, 0.15) is 12.6 Å². The van der Waals surface area contributed by atoms with Gasteiger partial charge < -0.3 is 19.9 Å². The highest BCUT2D eigenvalue weighted by Gasteiger charge is 2.37. The molecular weight excluding hydrogens is 304 g/mol. The van der Waals surface area contributed by atoms with Crippen LogP contribution in [0.3, 0.4) is 0 Å². The summed E-state index contributed by atoms with van der Waals surface area (Å²) in [5.74, 6) is -1.38. The van der Waals surface area contributed by atoms with Gasteiger partial charge >= 0.3 is 12.1 Å². The molecule has 2 amide bonds. The van der Waals surface area contributed by atoms with E-state index in [0.717, 1.165) is 0 Å². The lowest BCUT2D eigenvalue weighted by Gasteiger charge is -2.21. The Hall–Kier alpha value is -2.61. The number of ether oxygens (including phenoxy) is 2. The van der Waals surface area contributed by atoms with Crippen LogP contribution in [0.15, 0.2) is 24.3 Å². The van der Waals surface area contributed by atoms with E-state index in [2.05, 4.69) is 5.32 Å². The molecule has 1 saturated heterocycles. The number of hydrogen-bond acceptors (Lipinski definition) is 5. The lowest BCUT2D eigenvalue weighted by molar-refractivity contribution is -0.125. The predicted molar refractivity (Wildman–Crippen MR) is 79.0 cm³/mol. The number of carboxylic acids is 1. The Morgan fingerprint density at radius 1 is 1.48 bits per heavy atom. The fraction of sp³-hybridized carbons (Fsp3) is 0.400. The molecule has 0 saturated carbocycles. The van der Waals surface area contributed by atoms with Crippen LogP contribution < -0.4 is 5.32 Å². The number of benzene rings is 1. The van der Waals surface area contributed by atoms with Crippen molar-refractivity contribution < 1.29 is 29.0 Å². The number of carbonyl (C=O) groups excluding carboxylic acids is 2. The number of methoxy groups -OCH3 is 1. The number of nitrogens with zero attached hydrogens (tertiary/aromatic N) is 1. The first-order chi connectivity index (χ1) is 11.0. The van der Waals surface area contributed by atoms with E-state index in [1.807, 2.05) is 0 Å². The van der Waals surface area contributed by atoms with Crippen molar-refractivity contribution in [2.24, 2.45) is 0 Å². The van der Waals surface area contributed by atoms with Crippen molar-refractivity contribution in [3.05, 3.63) is 35.4 Å². The largest absolute Gasteiger partial charge is 0.478 e. The van der Waals surface area contributed by atoms with E-state index in [9.17, 15) is 14.4 Å². The van der Waals surface area contributed by atoms with Crippen molar-refractivity contribution in [2.75, 3.05) is 26.9 Å². The van der Waals surface area contributed by atoms with Gasteiger partial charge in [-0.2, -0.15) is 0 Å². The molecule has 1 aliphatic rings. The number of amides is 2. The average molecular weight is 322 g/mol. The second kappa shape index (κ2) is 7.59. The first-order valence-electron chi connectivity index (χ1n) is 7.05. The number of carboxylic acid groups (broad SMARTS) is 1. The van der Waals surface area contributed by atoms with Crippen molar-refractivity contribution in [3.63, 3.8) is 0 Å². The SMILES string of the molecule is COCCNC(=O)[C@@H]1COC(=O)N1Cc1cccc(C(=O)O)c1.